The zero-order valence-electron chi connectivity index (χ0n) is 9.98. The Balaban J connectivity index is 1.83. The molecule has 0 aromatic carbocycles. The van der Waals surface area contributed by atoms with Crippen LogP contribution in [0.15, 0.2) is 29.9 Å². The minimum Gasteiger partial charge on any atom is -0.320 e. The lowest BCUT2D eigenvalue weighted by Crippen LogP contribution is -2.13. The first kappa shape index (κ1) is 11.4. The van der Waals surface area contributed by atoms with Gasteiger partial charge in [-0.1, -0.05) is 0 Å². The second-order valence-corrected chi connectivity index (χ2v) is 5.35. The van der Waals surface area contributed by atoms with Crippen LogP contribution < -0.4 is 5.32 Å². The summed E-state index contributed by atoms with van der Waals surface area (Å²) >= 11 is 1.56. The highest BCUT2D eigenvalue weighted by atomic mass is 32.1. The van der Waals surface area contributed by atoms with Crippen LogP contribution in [0.4, 0.5) is 5.69 Å². The van der Waals surface area contributed by atoms with Crippen LogP contribution in [0.5, 0.6) is 0 Å². The van der Waals surface area contributed by atoms with Crippen molar-refractivity contribution in [2.45, 2.75) is 25.7 Å². The third kappa shape index (κ3) is 2.16. The zero-order valence-corrected chi connectivity index (χ0v) is 10.8. The molecule has 18 heavy (non-hydrogen) atoms. The minimum atomic E-state index is -0.00356. The summed E-state index contributed by atoms with van der Waals surface area (Å²) in [7, 11) is 0. The van der Waals surface area contributed by atoms with Gasteiger partial charge in [-0.05, 0) is 54.3 Å². The summed E-state index contributed by atoms with van der Waals surface area (Å²) in [6, 6.07) is 3.67. The van der Waals surface area contributed by atoms with E-state index in [0.29, 0.717) is 0 Å². The maximum Gasteiger partial charge on any atom is 0.266 e. The number of hydrogen-bond acceptors (Lipinski definition) is 3. The van der Waals surface area contributed by atoms with Gasteiger partial charge in [0.15, 0.2) is 0 Å². The van der Waals surface area contributed by atoms with E-state index >= 15 is 0 Å². The molecule has 0 bridgehead atoms. The third-order valence-corrected chi connectivity index (χ3v) is 4.30. The first-order valence-electron chi connectivity index (χ1n) is 6.15. The molecular weight excluding hydrogens is 244 g/mol. The van der Waals surface area contributed by atoms with Gasteiger partial charge in [0.05, 0.1) is 16.8 Å². The number of nitrogens with one attached hydrogen (secondary N) is 1. The molecule has 0 saturated heterocycles. The van der Waals surface area contributed by atoms with E-state index in [1.54, 1.807) is 23.7 Å². The predicted octanol–water partition coefficient (Wildman–Crippen LogP) is 3.27. The molecule has 2 aromatic heterocycles. The molecule has 1 aliphatic rings. The Hall–Kier alpha value is -1.68. The molecule has 0 spiro atoms. The summed E-state index contributed by atoms with van der Waals surface area (Å²) in [5.41, 5.74) is 3.37. The molecule has 1 N–H and O–H groups in total. The standard InChI is InChI=1S/C14H14N2OS/c17-14(16-11-5-3-7-15-8-11)13-12-6-2-1-4-10(12)9-18-13/h3,5,7-9H,1-2,4,6H2,(H,16,17). The first-order chi connectivity index (χ1) is 8.84. The van der Waals surface area contributed by atoms with Crippen LogP contribution in [-0.4, -0.2) is 10.9 Å². The highest BCUT2D eigenvalue weighted by Crippen LogP contribution is 2.30. The number of thiophene rings is 1. The van der Waals surface area contributed by atoms with Crippen LogP contribution in [-0.2, 0) is 12.8 Å². The number of pyridine rings is 1. The van der Waals surface area contributed by atoms with Gasteiger partial charge in [-0.15, -0.1) is 11.3 Å². The van der Waals surface area contributed by atoms with E-state index in [-0.39, 0.29) is 5.91 Å². The summed E-state index contributed by atoms with van der Waals surface area (Å²) in [5.74, 6) is -0.00356. The minimum absolute atomic E-state index is 0.00356. The van der Waals surface area contributed by atoms with Gasteiger partial charge >= 0.3 is 0 Å². The molecule has 1 aliphatic carbocycles. The Morgan fingerprint density at radius 3 is 3.06 bits per heavy atom. The molecule has 3 rings (SSSR count). The van der Waals surface area contributed by atoms with Crippen LogP contribution in [0.1, 0.15) is 33.6 Å². The molecule has 1 amide bonds. The van der Waals surface area contributed by atoms with Crippen LogP contribution in [0.25, 0.3) is 0 Å². The van der Waals surface area contributed by atoms with E-state index in [0.717, 1.165) is 23.4 Å². The average Bonchev–Trinajstić information content (AvgIpc) is 2.84. The Bertz CT molecular complexity index is 562. The topological polar surface area (TPSA) is 42.0 Å². The van der Waals surface area contributed by atoms with Crippen molar-refractivity contribution in [2.75, 3.05) is 5.32 Å². The molecule has 0 atom stereocenters. The second kappa shape index (κ2) is 4.90. The fourth-order valence-electron chi connectivity index (χ4n) is 2.33. The fraction of sp³-hybridized carbons (Fsp3) is 0.286. The van der Waals surface area contributed by atoms with Crippen LogP contribution in [0, 0.1) is 0 Å². The lowest BCUT2D eigenvalue weighted by atomic mass is 9.94. The summed E-state index contributed by atoms with van der Waals surface area (Å²) in [6.45, 7) is 0. The van der Waals surface area contributed by atoms with E-state index in [2.05, 4.69) is 15.7 Å². The Kier molecular flexibility index (Phi) is 3.11. The first-order valence-corrected chi connectivity index (χ1v) is 7.03. The van der Waals surface area contributed by atoms with E-state index in [4.69, 9.17) is 0 Å². The molecule has 0 saturated carbocycles. The van der Waals surface area contributed by atoms with E-state index in [1.807, 2.05) is 12.1 Å². The average molecular weight is 258 g/mol. The van der Waals surface area contributed by atoms with Crippen LogP contribution >= 0.6 is 11.3 Å². The van der Waals surface area contributed by atoms with Crippen molar-refractivity contribution < 1.29 is 4.79 Å². The van der Waals surface area contributed by atoms with Crippen molar-refractivity contribution in [3.63, 3.8) is 0 Å². The number of carbonyl (C=O) groups excluding carboxylic acids is 1. The van der Waals surface area contributed by atoms with Gasteiger partial charge in [-0.3, -0.25) is 9.78 Å². The Morgan fingerprint density at radius 1 is 1.33 bits per heavy atom. The van der Waals surface area contributed by atoms with Crippen LogP contribution in [0.2, 0.25) is 0 Å². The largest absolute Gasteiger partial charge is 0.320 e. The predicted molar refractivity (Wildman–Crippen MR) is 73.2 cm³/mol. The third-order valence-electron chi connectivity index (χ3n) is 3.23. The highest BCUT2D eigenvalue weighted by molar-refractivity contribution is 7.12. The van der Waals surface area contributed by atoms with Crippen LogP contribution in [0.3, 0.4) is 0 Å². The number of aromatic nitrogens is 1. The molecular formula is C14H14N2OS. The van der Waals surface area contributed by atoms with E-state index < -0.39 is 0 Å². The monoisotopic (exact) mass is 258 g/mol. The fourth-order valence-corrected chi connectivity index (χ4v) is 3.39. The Morgan fingerprint density at radius 2 is 2.22 bits per heavy atom. The van der Waals surface area contributed by atoms with Crippen molar-refractivity contribution in [2.24, 2.45) is 0 Å². The van der Waals surface area contributed by atoms with Crippen molar-refractivity contribution in [1.82, 2.24) is 4.98 Å². The van der Waals surface area contributed by atoms with E-state index in [1.165, 1.54) is 24.0 Å². The maximum atomic E-state index is 12.2. The molecule has 92 valence electrons. The number of aryl methyl sites for hydroxylation is 1. The smallest absolute Gasteiger partial charge is 0.266 e. The number of carbonyl (C=O) groups is 1. The lowest BCUT2D eigenvalue weighted by Gasteiger charge is -2.12. The Labute approximate surface area is 110 Å². The molecule has 3 nitrogen and oxygen atoms in total. The van der Waals surface area contributed by atoms with Crippen molar-refractivity contribution >= 4 is 22.9 Å². The molecule has 0 fully saturated rings. The van der Waals surface area contributed by atoms with Crippen molar-refractivity contribution in [1.29, 1.82) is 0 Å². The van der Waals surface area contributed by atoms with Gasteiger partial charge in [0.25, 0.3) is 5.91 Å². The van der Waals surface area contributed by atoms with Gasteiger partial charge in [-0.25, -0.2) is 0 Å². The van der Waals surface area contributed by atoms with Gasteiger partial charge in [0.1, 0.15) is 0 Å². The number of hydrogen-bond donors (Lipinski definition) is 1. The number of anilines is 1. The molecule has 2 heterocycles. The molecule has 2 aromatic rings. The number of rotatable bonds is 2. The molecule has 0 radical (unpaired) electrons. The summed E-state index contributed by atoms with van der Waals surface area (Å²) in [4.78, 5) is 17.1. The van der Waals surface area contributed by atoms with Gasteiger partial charge in [0, 0.05) is 6.20 Å². The summed E-state index contributed by atoms with van der Waals surface area (Å²) < 4.78 is 0. The van der Waals surface area contributed by atoms with Crippen molar-refractivity contribution in [3.8, 4) is 0 Å². The summed E-state index contributed by atoms with van der Waals surface area (Å²) in [5, 5.41) is 5.04. The quantitative estimate of drug-likeness (QED) is 0.898. The van der Waals surface area contributed by atoms with Gasteiger partial charge < -0.3 is 5.32 Å². The SMILES string of the molecule is O=C(Nc1cccnc1)c1scc2c1CCCC2. The highest BCUT2D eigenvalue weighted by Gasteiger charge is 2.20. The number of amides is 1. The number of nitrogens with zero attached hydrogens (tertiary/aromatic N) is 1. The van der Waals surface area contributed by atoms with E-state index in [9.17, 15) is 4.79 Å². The van der Waals surface area contributed by atoms with Crippen molar-refractivity contribution in [3.05, 3.63) is 45.9 Å². The molecule has 0 unspecified atom stereocenters. The number of fused-ring (bicyclic) bond motifs is 1. The van der Waals surface area contributed by atoms with Gasteiger partial charge in [-0.2, -0.15) is 0 Å². The lowest BCUT2D eigenvalue weighted by molar-refractivity contribution is 0.102. The van der Waals surface area contributed by atoms with Gasteiger partial charge in [0.2, 0.25) is 0 Å². The maximum absolute atomic E-state index is 12.2. The normalized spacial score (nSPS) is 14.0. The molecule has 4 heteroatoms. The summed E-state index contributed by atoms with van der Waals surface area (Å²) in [6.07, 6.45) is 7.95. The molecule has 0 aliphatic heterocycles. The zero-order chi connectivity index (χ0) is 12.4. The second-order valence-electron chi connectivity index (χ2n) is 4.47.